The van der Waals surface area contributed by atoms with Crippen molar-refractivity contribution in [2.45, 2.75) is 39.7 Å². The third-order valence-corrected chi connectivity index (χ3v) is 3.51. The molecule has 0 spiro atoms. The number of benzene rings is 1. The van der Waals surface area contributed by atoms with Crippen LogP contribution in [0.3, 0.4) is 0 Å². The van der Waals surface area contributed by atoms with Gasteiger partial charge in [0.25, 0.3) is 0 Å². The van der Waals surface area contributed by atoms with Crippen LogP contribution in [0.2, 0.25) is 0 Å². The van der Waals surface area contributed by atoms with Crippen LogP contribution in [0.5, 0.6) is 0 Å². The van der Waals surface area contributed by atoms with Gasteiger partial charge in [-0.25, -0.2) is 0 Å². The highest BCUT2D eigenvalue weighted by molar-refractivity contribution is 5.96. The topological polar surface area (TPSA) is 32.3 Å². The summed E-state index contributed by atoms with van der Waals surface area (Å²) >= 11 is 0. The summed E-state index contributed by atoms with van der Waals surface area (Å²) in [5.74, 6) is 0.155. The van der Waals surface area contributed by atoms with Gasteiger partial charge in [0, 0.05) is 11.2 Å². The zero-order valence-corrected chi connectivity index (χ0v) is 11.7. The van der Waals surface area contributed by atoms with Gasteiger partial charge >= 0.3 is 0 Å². The highest BCUT2D eigenvalue weighted by atomic mass is 16.2. The van der Waals surface area contributed by atoms with Gasteiger partial charge in [-0.2, -0.15) is 0 Å². The molecule has 1 aliphatic rings. The number of hydrogen-bond donors (Lipinski definition) is 1. The Kier molecular flexibility index (Phi) is 3.44. The second-order valence-electron chi connectivity index (χ2n) is 5.81. The van der Waals surface area contributed by atoms with Crippen molar-refractivity contribution in [1.82, 2.24) is 5.32 Å². The Labute approximate surface area is 109 Å². The fourth-order valence-electron chi connectivity index (χ4n) is 2.69. The molecule has 1 N–H and O–H groups in total. The lowest BCUT2D eigenvalue weighted by Crippen LogP contribution is -2.48. The van der Waals surface area contributed by atoms with E-state index >= 15 is 0 Å². The van der Waals surface area contributed by atoms with Crippen LogP contribution in [0.4, 0.5) is 5.69 Å². The molecule has 0 aliphatic carbocycles. The van der Waals surface area contributed by atoms with Crippen LogP contribution >= 0.6 is 0 Å². The van der Waals surface area contributed by atoms with Crippen LogP contribution in [0.25, 0.3) is 0 Å². The maximum absolute atomic E-state index is 12.3. The minimum absolute atomic E-state index is 0.138. The molecule has 1 heterocycles. The minimum Gasteiger partial charge on any atom is -0.308 e. The maximum atomic E-state index is 12.3. The van der Waals surface area contributed by atoms with E-state index in [2.05, 4.69) is 51.2 Å². The Bertz CT molecular complexity index is 445. The first-order valence-corrected chi connectivity index (χ1v) is 6.52. The van der Waals surface area contributed by atoms with Crippen molar-refractivity contribution in [3.05, 3.63) is 29.3 Å². The quantitative estimate of drug-likeness (QED) is 0.825. The van der Waals surface area contributed by atoms with Crippen LogP contribution in [-0.2, 0) is 4.79 Å². The van der Waals surface area contributed by atoms with E-state index in [0.717, 1.165) is 18.7 Å². The van der Waals surface area contributed by atoms with Crippen molar-refractivity contribution in [2.24, 2.45) is 0 Å². The minimum atomic E-state index is -0.138. The van der Waals surface area contributed by atoms with Crippen molar-refractivity contribution in [2.75, 3.05) is 18.0 Å². The summed E-state index contributed by atoms with van der Waals surface area (Å²) in [7, 11) is 0. The summed E-state index contributed by atoms with van der Waals surface area (Å²) in [5, 5.41) is 3.19. The molecule has 1 aliphatic heterocycles. The van der Waals surface area contributed by atoms with Crippen LogP contribution in [0.1, 0.15) is 31.4 Å². The molecule has 2 rings (SSSR count). The number of aryl methyl sites for hydroxylation is 2. The molecule has 98 valence electrons. The van der Waals surface area contributed by atoms with Crippen molar-refractivity contribution >= 4 is 11.6 Å². The highest BCUT2D eigenvalue weighted by Crippen LogP contribution is 2.29. The molecule has 1 amide bonds. The van der Waals surface area contributed by atoms with E-state index in [-0.39, 0.29) is 11.4 Å². The molecule has 18 heavy (non-hydrogen) atoms. The summed E-state index contributed by atoms with van der Waals surface area (Å²) < 4.78 is 0. The summed E-state index contributed by atoms with van der Waals surface area (Å²) in [6.07, 6.45) is 0.964. The van der Waals surface area contributed by atoms with Gasteiger partial charge in [-0.15, -0.1) is 0 Å². The zero-order valence-electron chi connectivity index (χ0n) is 11.7. The predicted octanol–water partition coefficient (Wildman–Crippen LogP) is 2.41. The van der Waals surface area contributed by atoms with E-state index in [0.29, 0.717) is 6.54 Å². The third kappa shape index (κ3) is 2.56. The fraction of sp³-hybridized carbons (Fsp3) is 0.533. The molecule has 0 unspecified atom stereocenters. The standard InChI is InChI=1S/C15H22N2O/c1-11-7-12(2)9-13(8-11)17-14(18)10-16-6-5-15(17,3)4/h7-9,16H,5-6,10H2,1-4H3. The van der Waals surface area contributed by atoms with Crippen LogP contribution in [0, 0.1) is 13.8 Å². The largest absolute Gasteiger partial charge is 0.308 e. The molecule has 0 atom stereocenters. The normalized spacial score (nSPS) is 19.8. The number of rotatable bonds is 1. The number of carbonyl (C=O) groups is 1. The molecule has 0 bridgehead atoms. The van der Waals surface area contributed by atoms with Crippen LogP contribution in [-0.4, -0.2) is 24.5 Å². The van der Waals surface area contributed by atoms with Gasteiger partial charge in [0.1, 0.15) is 0 Å². The van der Waals surface area contributed by atoms with E-state index in [1.807, 2.05) is 4.90 Å². The Morgan fingerprint density at radius 3 is 2.39 bits per heavy atom. The van der Waals surface area contributed by atoms with E-state index in [4.69, 9.17) is 0 Å². The first-order valence-electron chi connectivity index (χ1n) is 6.52. The summed E-state index contributed by atoms with van der Waals surface area (Å²) in [6.45, 7) is 9.73. The molecule has 3 nitrogen and oxygen atoms in total. The SMILES string of the molecule is Cc1cc(C)cc(N2C(=O)CNCCC2(C)C)c1. The van der Waals surface area contributed by atoms with Gasteiger partial charge in [-0.3, -0.25) is 4.79 Å². The second kappa shape index (κ2) is 4.73. The molecular formula is C15H22N2O. The smallest absolute Gasteiger partial charge is 0.241 e. The van der Waals surface area contributed by atoms with E-state index < -0.39 is 0 Å². The number of anilines is 1. The lowest BCUT2D eigenvalue weighted by atomic mass is 9.97. The van der Waals surface area contributed by atoms with Crippen molar-refractivity contribution in [3.63, 3.8) is 0 Å². The van der Waals surface area contributed by atoms with Crippen molar-refractivity contribution in [3.8, 4) is 0 Å². The summed E-state index contributed by atoms with van der Waals surface area (Å²) in [4.78, 5) is 14.3. The molecule has 1 aromatic carbocycles. The number of hydrogen-bond acceptors (Lipinski definition) is 2. The number of carbonyl (C=O) groups excluding carboxylic acids is 1. The van der Waals surface area contributed by atoms with Gasteiger partial charge in [-0.1, -0.05) is 6.07 Å². The van der Waals surface area contributed by atoms with Gasteiger partial charge in [0.15, 0.2) is 0 Å². The van der Waals surface area contributed by atoms with E-state index in [1.165, 1.54) is 11.1 Å². The zero-order chi connectivity index (χ0) is 13.3. The molecule has 1 aromatic rings. The van der Waals surface area contributed by atoms with Gasteiger partial charge in [0.05, 0.1) is 6.54 Å². The summed E-state index contributed by atoms with van der Waals surface area (Å²) in [6, 6.07) is 6.33. The lowest BCUT2D eigenvalue weighted by Gasteiger charge is -2.37. The molecule has 1 fully saturated rings. The first kappa shape index (κ1) is 13.1. The first-order chi connectivity index (χ1) is 8.40. The Morgan fingerprint density at radius 2 is 1.78 bits per heavy atom. The molecule has 0 radical (unpaired) electrons. The second-order valence-corrected chi connectivity index (χ2v) is 5.81. The molecule has 1 saturated heterocycles. The highest BCUT2D eigenvalue weighted by Gasteiger charge is 2.33. The van der Waals surface area contributed by atoms with Crippen LogP contribution < -0.4 is 10.2 Å². The monoisotopic (exact) mass is 246 g/mol. The van der Waals surface area contributed by atoms with Crippen LogP contribution in [0.15, 0.2) is 18.2 Å². The predicted molar refractivity (Wildman–Crippen MR) is 75.0 cm³/mol. The number of nitrogens with one attached hydrogen (secondary N) is 1. The van der Waals surface area contributed by atoms with Gasteiger partial charge in [0.2, 0.25) is 5.91 Å². The Morgan fingerprint density at radius 1 is 1.17 bits per heavy atom. The summed E-state index contributed by atoms with van der Waals surface area (Å²) in [5.41, 5.74) is 3.28. The average Bonchev–Trinajstić information content (AvgIpc) is 2.35. The lowest BCUT2D eigenvalue weighted by molar-refractivity contribution is -0.118. The average molecular weight is 246 g/mol. The maximum Gasteiger partial charge on any atom is 0.241 e. The number of amides is 1. The van der Waals surface area contributed by atoms with E-state index in [1.54, 1.807) is 0 Å². The third-order valence-electron chi connectivity index (χ3n) is 3.51. The Balaban J connectivity index is 2.46. The van der Waals surface area contributed by atoms with Gasteiger partial charge < -0.3 is 10.2 Å². The Hall–Kier alpha value is -1.35. The molecule has 0 saturated carbocycles. The number of nitrogens with zero attached hydrogens (tertiary/aromatic N) is 1. The fourth-order valence-corrected chi connectivity index (χ4v) is 2.69. The van der Waals surface area contributed by atoms with E-state index in [9.17, 15) is 4.79 Å². The van der Waals surface area contributed by atoms with Gasteiger partial charge in [-0.05, 0) is 63.9 Å². The van der Waals surface area contributed by atoms with Crippen molar-refractivity contribution in [1.29, 1.82) is 0 Å². The molecular weight excluding hydrogens is 224 g/mol. The molecule has 3 heteroatoms. The molecule has 0 aromatic heterocycles. The van der Waals surface area contributed by atoms with Crippen molar-refractivity contribution < 1.29 is 4.79 Å².